The minimum atomic E-state index is -0.469. The highest BCUT2D eigenvalue weighted by atomic mass is 16.3. The van der Waals surface area contributed by atoms with E-state index in [2.05, 4.69) is 81.4 Å². The number of aromatic hydroxyl groups is 1. The molecule has 1 N–H and O–H groups in total. The smallest absolute Gasteiger partial charge is 0.129 e. The van der Waals surface area contributed by atoms with E-state index < -0.39 is 5.41 Å². The van der Waals surface area contributed by atoms with Gasteiger partial charge in [0.1, 0.15) is 5.75 Å². The molecular weight excluding hydrogens is 378 g/mol. The minimum Gasteiger partial charge on any atom is -0.507 e. The second-order valence-electron chi connectivity index (χ2n) is 9.24. The monoisotopic (exact) mass is 411 g/mol. The molecule has 160 valence electrons. The zero-order chi connectivity index (χ0) is 21.8. The van der Waals surface area contributed by atoms with Crippen molar-refractivity contribution in [3.8, 4) is 5.75 Å². The molecule has 0 heterocycles. The summed E-state index contributed by atoms with van der Waals surface area (Å²) in [5, 5.41) is 11.5. The maximum absolute atomic E-state index is 11.5. The molecule has 0 radical (unpaired) electrons. The molecular formula is C29H33NO. The zero-order valence-electron chi connectivity index (χ0n) is 18.9. The number of rotatable bonds is 5. The summed E-state index contributed by atoms with van der Waals surface area (Å²) in [7, 11) is 0. The van der Waals surface area contributed by atoms with E-state index in [4.69, 9.17) is 4.99 Å². The molecule has 3 aromatic rings. The summed E-state index contributed by atoms with van der Waals surface area (Å²) in [5.74, 6) is 1.14. The van der Waals surface area contributed by atoms with Crippen LogP contribution in [0.15, 0.2) is 77.8 Å². The first kappa shape index (κ1) is 21.4. The maximum atomic E-state index is 11.5. The number of phenolic OH excluding ortho intramolecular Hbond substituents is 1. The average molecular weight is 412 g/mol. The second-order valence-corrected chi connectivity index (χ2v) is 9.24. The van der Waals surface area contributed by atoms with Gasteiger partial charge in [-0.05, 0) is 62.1 Å². The number of benzene rings is 3. The normalized spacial score (nSPS) is 19.6. The van der Waals surface area contributed by atoms with Crippen LogP contribution in [-0.4, -0.2) is 17.4 Å². The lowest BCUT2D eigenvalue weighted by Gasteiger charge is -2.33. The lowest BCUT2D eigenvalue weighted by molar-refractivity contribution is 0.350. The summed E-state index contributed by atoms with van der Waals surface area (Å²) in [6.07, 6.45) is 6.69. The molecule has 0 saturated heterocycles. The molecule has 0 aliphatic heterocycles. The lowest BCUT2D eigenvalue weighted by atomic mass is 9.70. The number of hydrogen-bond donors (Lipinski definition) is 1. The van der Waals surface area contributed by atoms with Gasteiger partial charge < -0.3 is 5.11 Å². The Morgan fingerprint density at radius 3 is 1.94 bits per heavy atom. The molecule has 0 atom stereocenters. The molecule has 4 rings (SSSR count). The predicted molar refractivity (Wildman–Crippen MR) is 130 cm³/mol. The van der Waals surface area contributed by atoms with Crippen molar-refractivity contribution in [1.29, 1.82) is 0 Å². The van der Waals surface area contributed by atoms with Crippen LogP contribution in [-0.2, 0) is 5.41 Å². The van der Waals surface area contributed by atoms with E-state index in [1.165, 1.54) is 12.8 Å². The summed E-state index contributed by atoms with van der Waals surface area (Å²) < 4.78 is 0. The molecule has 1 aliphatic carbocycles. The summed E-state index contributed by atoms with van der Waals surface area (Å²) in [6, 6.07) is 25.4. The third-order valence-electron chi connectivity index (χ3n) is 7.08. The molecule has 0 amide bonds. The van der Waals surface area contributed by atoms with Gasteiger partial charge in [-0.3, -0.25) is 4.99 Å². The molecule has 2 nitrogen and oxygen atoms in total. The zero-order valence-corrected chi connectivity index (χ0v) is 18.9. The van der Waals surface area contributed by atoms with Gasteiger partial charge in [0.25, 0.3) is 0 Å². The third kappa shape index (κ3) is 4.30. The highest BCUT2D eigenvalue weighted by molar-refractivity contribution is 5.87. The van der Waals surface area contributed by atoms with E-state index >= 15 is 0 Å². The topological polar surface area (TPSA) is 32.6 Å². The Hall–Kier alpha value is -2.87. The van der Waals surface area contributed by atoms with Gasteiger partial charge in [0.15, 0.2) is 0 Å². The van der Waals surface area contributed by atoms with Gasteiger partial charge in [0.2, 0.25) is 0 Å². The van der Waals surface area contributed by atoms with Crippen LogP contribution >= 0.6 is 0 Å². The highest BCUT2D eigenvalue weighted by Crippen LogP contribution is 2.44. The van der Waals surface area contributed by atoms with Gasteiger partial charge in [-0.15, -0.1) is 0 Å². The van der Waals surface area contributed by atoms with Crippen molar-refractivity contribution in [2.75, 3.05) is 0 Å². The molecule has 0 bridgehead atoms. The number of phenols is 1. The predicted octanol–water partition coefficient (Wildman–Crippen LogP) is 7.05. The van der Waals surface area contributed by atoms with Crippen LogP contribution < -0.4 is 0 Å². The van der Waals surface area contributed by atoms with Gasteiger partial charge in [-0.1, -0.05) is 79.7 Å². The molecule has 0 aromatic heterocycles. The fourth-order valence-electron chi connectivity index (χ4n) is 4.87. The Morgan fingerprint density at radius 1 is 0.839 bits per heavy atom. The van der Waals surface area contributed by atoms with E-state index in [-0.39, 0.29) is 0 Å². The molecule has 31 heavy (non-hydrogen) atoms. The van der Waals surface area contributed by atoms with Gasteiger partial charge in [-0.2, -0.15) is 0 Å². The fourth-order valence-corrected chi connectivity index (χ4v) is 4.87. The van der Waals surface area contributed by atoms with Crippen LogP contribution in [0.25, 0.3) is 0 Å². The van der Waals surface area contributed by atoms with Crippen molar-refractivity contribution in [1.82, 2.24) is 0 Å². The van der Waals surface area contributed by atoms with E-state index in [1.807, 2.05) is 18.3 Å². The molecule has 0 unspecified atom stereocenters. The molecule has 3 aromatic carbocycles. The van der Waals surface area contributed by atoms with Crippen LogP contribution in [0.2, 0.25) is 0 Å². The van der Waals surface area contributed by atoms with Gasteiger partial charge in [0.05, 0.1) is 0 Å². The van der Waals surface area contributed by atoms with Crippen LogP contribution in [0.4, 0.5) is 0 Å². The van der Waals surface area contributed by atoms with E-state index in [0.29, 0.717) is 11.8 Å². The number of aryl methyl sites for hydroxylation is 1. The Balaban J connectivity index is 1.79. The van der Waals surface area contributed by atoms with Crippen molar-refractivity contribution >= 4 is 6.21 Å². The lowest BCUT2D eigenvalue weighted by Crippen LogP contribution is -2.26. The van der Waals surface area contributed by atoms with Crippen LogP contribution in [0.5, 0.6) is 5.75 Å². The van der Waals surface area contributed by atoms with E-state index in [1.54, 1.807) is 0 Å². The van der Waals surface area contributed by atoms with Crippen LogP contribution in [0, 0.1) is 12.8 Å². The van der Waals surface area contributed by atoms with Gasteiger partial charge in [-0.25, -0.2) is 0 Å². The SMILES string of the molecule is Cc1ccc(C(C)(c2ccccc2)c2ccccc2)c(O)c1C=NC1CCC(C)CC1. The fraction of sp³-hybridized carbons (Fsp3) is 0.345. The van der Waals surface area contributed by atoms with Crippen molar-refractivity contribution in [3.05, 3.63) is 101 Å². The Bertz CT molecular complexity index is 992. The average Bonchev–Trinajstić information content (AvgIpc) is 2.81. The number of hydrogen-bond acceptors (Lipinski definition) is 2. The first-order valence-electron chi connectivity index (χ1n) is 11.5. The number of nitrogens with zero attached hydrogens (tertiary/aromatic N) is 1. The summed E-state index contributed by atoms with van der Waals surface area (Å²) >= 11 is 0. The van der Waals surface area contributed by atoms with Crippen molar-refractivity contribution in [2.45, 2.75) is 57.9 Å². The summed E-state index contributed by atoms with van der Waals surface area (Å²) in [5.41, 5.74) is 4.65. The second kappa shape index (κ2) is 9.09. The largest absolute Gasteiger partial charge is 0.507 e. The van der Waals surface area contributed by atoms with E-state index in [0.717, 1.165) is 46.6 Å². The van der Waals surface area contributed by atoms with Crippen molar-refractivity contribution in [2.24, 2.45) is 10.9 Å². The van der Waals surface area contributed by atoms with Crippen LogP contribution in [0.3, 0.4) is 0 Å². The van der Waals surface area contributed by atoms with Crippen molar-refractivity contribution < 1.29 is 5.11 Å². The maximum Gasteiger partial charge on any atom is 0.129 e. The molecule has 1 fully saturated rings. The van der Waals surface area contributed by atoms with Crippen LogP contribution in [0.1, 0.15) is 67.3 Å². The summed E-state index contributed by atoms with van der Waals surface area (Å²) in [6.45, 7) is 6.58. The molecule has 1 aliphatic rings. The summed E-state index contributed by atoms with van der Waals surface area (Å²) in [4.78, 5) is 4.89. The highest BCUT2D eigenvalue weighted by Gasteiger charge is 2.34. The Labute approximate surface area is 186 Å². The third-order valence-corrected chi connectivity index (χ3v) is 7.08. The van der Waals surface area contributed by atoms with Crippen molar-refractivity contribution in [3.63, 3.8) is 0 Å². The van der Waals surface area contributed by atoms with Gasteiger partial charge >= 0.3 is 0 Å². The minimum absolute atomic E-state index is 0.336. The van der Waals surface area contributed by atoms with Gasteiger partial charge in [0, 0.05) is 28.8 Å². The standard InChI is InChI=1S/C29H33NO/c1-21-14-17-25(18-15-21)30-20-26-22(2)16-19-27(28(26)31)29(3,23-10-6-4-7-11-23)24-12-8-5-9-13-24/h4-13,16,19-21,25,31H,14-15,17-18H2,1-3H3. The molecule has 2 heteroatoms. The Morgan fingerprint density at radius 2 is 1.39 bits per heavy atom. The quantitative estimate of drug-likeness (QED) is 0.354. The molecule has 1 saturated carbocycles. The number of aliphatic imine (C=N–C) groups is 1. The first-order chi connectivity index (χ1) is 15.0. The van der Waals surface area contributed by atoms with E-state index in [9.17, 15) is 5.11 Å². The Kier molecular flexibility index (Phi) is 6.27. The molecule has 0 spiro atoms. The first-order valence-corrected chi connectivity index (χ1v) is 11.5.